The summed E-state index contributed by atoms with van der Waals surface area (Å²) < 4.78 is 10.8. The molecule has 0 radical (unpaired) electrons. The molecule has 0 aliphatic carbocycles. The zero-order valence-corrected chi connectivity index (χ0v) is 10.5. The fourth-order valence-corrected chi connectivity index (χ4v) is 2.00. The van der Waals surface area contributed by atoms with Crippen LogP contribution in [0.4, 0.5) is 0 Å². The lowest BCUT2D eigenvalue weighted by molar-refractivity contribution is 0.146. The second kappa shape index (κ2) is 5.89. The fourth-order valence-electron chi connectivity index (χ4n) is 1.79. The van der Waals surface area contributed by atoms with Gasteiger partial charge in [-0.2, -0.15) is 0 Å². The minimum absolute atomic E-state index is 0.452. The standard InChI is InChI=1S/C14H15ClO2/c1-16-8-9-17-14-12(10-15)7-6-11-4-2-3-5-13(11)14/h2-7H,8-10H2,1H3. The molecule has 0 aromatic heterocycles. The topological polar surface area (TPSA) is 18.5 Å². The molecule has 90 valence electrons. The van der Waals surface area contributed by atoms with E-state index in [-0.39, 0.29) is 0 Å². The van der Waals surface area contributed by atoms with E-state index in [1.54, 1.807) is 7.11 Å². The van der Waals surface area contributed by atoms with Crippen LogP contribution in [0.3, 0.4) is 0 Å². The first-order valence-electron chi connectivity index (χ1n) is 5.55. The fraction of sp³-hybridized carbons (Fsp3) is 0.286. The summed E-state index contributed by atoms with van der Waals surface area (Å²) in [5.41, 5.74) is 1.02. The number of halogens is 1. The van der Waals surface area contributed by atoms with E-state index in [0.29, 0.717) is 19.1 Å². The smallest absolute Gasteiger partial charge is 0.131 e. The van der Waals surface area contributed by atoms with Gasteiger partial charge >= 0.3 is 0 Å². The first-order chi connectivity index (χ1) is 8.36. The Kier molecular flexibility index (Phi) is 4.24. The van der Waals surface area contributed by atoms with Crippen molar-refractivity contribution in [3.05, 3.63) is 42.0 Å². The normalized spacial score (nSPS) is 10.7. The van der Waals surface area contributed by atoms with Gasteiger partial charge in [0.1, 0.15) is 12.4 Å². The SMILES string of the molecule is COCCOc1c(CCl)ccc2ccccc12. The van der Waals surface area contributed by atoms with E-state index in [2.05, 4.69) is 12.1 Å². The number of fused-ring (bicyclic) bond motifs is 1. The Morgan fingerprint density at radius 2 is 1.88 bits per heavy atom. The molecule has 17 heavy (non-hydrogen) atoms. The van der Waals surface area contributed by atoms with Gasteiger partial charge in [0.15, 0.2) is 0 Å². The van der Waals surface area contributed by atoms with E-state index in [0.717, 1.165) is 22.1 Å². The highest BCUT2D eigenvalue weighted by Gasteiger charge is 2.07. The second-order valence-electron chi connectivity index (χ2n) is 3.75. The van der Waals surface area contributed by atoms with Crippen molar-refractivity contribution in [2.24, 2.45) is 0 Å². The van der Waals surface area contributed by atoms with Gasteiger partial charge in [-0.25, -0.2) is 0 Å². The Hall–Kier alpha value is -1.25. The molecule has 0 spiro atoms. The van der Waals surface area contributed by atoms with Crippen LogP contribution < -0.4 is 4.74 Å². The van der Waals surface area contributed by atoms with Crippen molar-refractivity contribution in [2.75, 3.05) is 20.3 Å². The summed E-state index contributed by atoms with van der Waals surface area (Å²) in [5.74, 6) is 1.32. The molecule has 3 heteroatoms. The maximum atomic E-state index is 5.93. The summed E-state index contributed by atoms with van der Waals surface area (Å²) in [6.07, 6.45) is 0. The van der Waals surface area contributed by atoms with E-state index in [1.807, 2.05) is 24.3 Å². The number of hydrogen-bond acceptors (Lipinski definition) is 2. The van der Waals surface area contributed by atoms with Crippen molar-refractivity contribution < 1.29 is 9.47 Å². The van der Waals surface area contributed by atoms with Crippen LogP contribution in [-0.4, -0.2) is 20.3 Å². The number of methoxy groups -OCH3 is 1. The largest absolute Gasteiger partial charge is 0.490 e. The van der Waals surface area contributed by atoms with Crippen molar-refractivity contribution in [3.8, 4) is 5.75 Å². The molecule has 0 unspecified atom stereocenters. The third-order valence-electron chi connectivity index (χ3n) is 2.64. The zero-order valence-electron chi connectivity index (χ0n) is 9.78. The minimum atomic E-state index is 0.452. The molecule has 0 saturated heterocycles. The molecule has 0 atom stereocenters. The van der Waals surface area contributed by atoms with Gasteiger partial charge in [0.2, 0.25) is 0 Å². The lowest BCUT2D eigenvalue weighted by Gasteiger charge is -2.12. The van der Waals surface area contributed by atoms with Crippen LogP contribution in [0.2, 0.25) is 0 Å². The predicted molar refractivity (Wildman–Crippen MR) is 70.9 cm³/mol. The monoisotopic (exact) mass is 250 g/mol. The van der Waals surface area contributed by atoms with Crippen molar-refractivity contribution in [2.45, 2.75) is 5.88 Å². The molecule has 0 aliphatic heterocycles. The van der Waals surface area contributed by atoms with Gasteiger partial charge in [0.25, 0.3) is 0 Å². The molecule has 2 aromatic carbocycles. The highest BCUT2D eigenvalue weighted by atomic mass is 35.5. The maximum Gasteiger partial charge on any atom is 0.131 e. The summed E-state index contributed by atoms with van der Waals surface area (Å²) in [7, 11) is 1.66. The Labute approximate surface area is 106 Å². The van der Waals surface area contributed by atoms with Gasteiger partial charge in [-0.1, -0.05) is 36.4 Å². The maximum absolute atomic E-state index is 5.93. The second-order valence-corrected chi connectivity index (χ2v) is 4.02. The molecule has 0 amide bonds. The van der Waals surface area contributed by atoms with Gasteiger partial charge < -0.3 is 9.47 Å². The van der Waals surface area contributed by atoms with Crippen molar-refractivity contribution in [3.63, 3.8) is 0 Å². The molecule has 0 aliphatic rings. The number of ether oxygens (including phenoxy) is 2. The van der Waals surface area contributed by atoms with Crippen molar-refractivity contribution >= 4 is 22.4 Å². The van der Waals surface area contributed by atoms with Crippen LogP contribution in [0.25, 0.3) is 10.8 Å². The Bertz CT molecular complexity index is 497. The number of hydrogen-bond donors (Lipinski definition) is 0. The van der Waals surface area contributed by atoms with Crippen LogP contribution in [0, 0.1) is 0 Å². The van der Waals surface area contributed by atoms with Gasteiger partial charge in [-0.05, 0) is 5.39 Å². The van der Waals surface area contributed by atoms with E-state index in [4.69, 9.17) is 21.1 Å². The first kappa shape index (κ1) is 12.2. The van der Waals surface area contributed by atoms with Crippen LogP contribution in [0.15, 0.2) is 36.4 Å². The molecule has 2 nitrogen and oxygen atoms in total. The number of alkyl halides is 1. The van der Waals surface area contributed by atoms with Crippen LogP contribution in [0.5, 0.6) is 5.75 Å². The third kappa shape index (κ3) is 2.71. The highest BCUT2D eigenvalue weighted by molar-refractivity contribution is 6.17. The lowest BCUT2D eigenvalue weighted by atomic mass is 10.1. The lowest BCUT2D eigenvalue weighted by Crippen LogP contribution is -2.06. The van der Waals surface area contributed by atoms with E-state index in [1.165, 1.54) is 0 Å². The molecular formula is C14H15ClO2. The van der Waals surface area contributed by atoms with Crippen LogP contribution in [-0.2, 0) is 10.6 Å². The summed E-state index contributed by atoms with van der Waals surface area (Å²) in [6, 6.07) is 12.2. The Morgan fingerprint density at radius 1 is 1.06 bits per heavy atom. The molecule has 0 heterocycles. The average Bonchev–Trinajstić information content (AvgIpc) is 2.39. The van der Waals surface area contributed by atoms with E-state index in [9.17, 15) is 0 Å². The Balaban J connectivity index is 2.40. The summed E-state index contributed by atoms with van der Waals surface area (Å²) in [5, 5.41) is 2.26. The molecule has 0 bridgehead atoms. The number of rotatable bonds is 5. The molecular weight excluding hydrogens is 236 g/mol. The van der Waals surface area contributed by atoms with Gasteiger partial charge in [-0.3, -0.25) is 0 Å². The first-order valence-corrected chi connectivity index (χ1v) is 6.08. The van der Waals surface area contributed by atoms with Gasteiger partial charge in [0.05, 0.1) is 12.5 Å². The Morgan fingerprint density at radius 3 is 2.65 bits per heavy atom. The minimum Gasteiger partial charge on any atom is -0.490 e. The van der Waals surface area contributed by atoms with Gasteiger partial charge in [-0.15, -0.1) is 11.6 Å². The molecule has 0 fully saturated rings. The summed E-state index contributed by atoms with van der Waals surface area (Å²) >= 11 is 5.93. The van der Waals surface area contributed by atoms with Crippen molar-refractivity contribution in [1.29, 1.82) is 0 Å². The number of benzene rings is 2. The van der Waals surface area contributed by atoms with E-state index >= 15 is 0 Å². The highest BCUT2D eigenvalue weighted by Crippen LogP contribution is 2.30. The quantitative estimate of drug-likeness (QED) is 0.596. The molecule has 0 N–H and O–H groups in total. The van der Waals surface area contributed by atoms with Crippen LogP contribution >= 0.6 is 11.6 Å². The van der Waals surface area contributed by atoms with Crippen molar-refractivity contribution in [1.82, 2.24) is 0 Å². The molecule has 2 rings (SSSR count). The third-order valence-corrected chi connectivity index (χ3v) is 2.93. The van der Waals surface area contributed by atoms with E-state index < -0.39 is 0 Å². The summed E-state index contributed by atoms with van der Waals surface area (Å²) in [4.78, 5) is 0. The van der Waals surface area contributed by atoms with Gasteiger partial charge in [0, 0.05) is 18.1 Å². The zero-order chi connectivity index (χ0) is 12.1. The summed E-state index contributed by atoms with van der Waals surface area (Å²) in [6.45, 7) is 1.11. The van der Waals surface area contributed by atoms with Crippen LogP contribution in [0.1, 0.15) is 5.56 Å². The predicted octanol–water partition coefficient (Wildman–Crippen LogP) is 3.60. The molecule has 0 saturated carbocycles. The molecule has 2 aromatic rings. The average molecular weight is 251 g/mol.